The molecule has 0 amide bonds. The largest absolute Gasteiger partial charge is 0.392 e. The predicted octanol–water partition coefficient (Wildman–Crippen LogP) is 2.58. The van der Waals surface area contributed by atoms with Crippen LogP contribution in [0.25, 0.3) is 0 Å². The Balaban J connectivity index is 1.85. The number of hydrogen-bond acceptors (Lipinski definition) is 4. The fourth-order valence-corrected chi connectivity index (χ4v) is 2.45. The van der Waals surface area contributed by atoms with Gasteiger partial charge >= 0.3 is 0 Å². The van der Waals surface area contributed by atoms with E-state index in [-0.39, 0.29) is 6.61 Å². The minimum atomic E-state index is 0.0793. The first-order chi connectivity index (χ1) is 8.28. The summed E-state index contributed by atoms with van der Waals surface area (Å²) < 4.78 is 0.712. The summed E-state index contributed by atoms with van der Waals surface area (Å²) in [6.07, 6.45) is 1.66. The number of halogens is 1. The van der Waals surface area contributed by atoms with Gasteiger partial charge in [0.1, 0.15) is 9.34 Å². The van der Waals surface area contributed by atoms with Gasteiger partial charge in [0.25, 0.3) is 0 Å². The summed E-state index contributed by atoms with van der Waals surface area (Å²) in [5.41, 5.74) is 2.08. The van der Waals surface area contributed by atoms with Crippen molar-refractivity contribution in [2.45, 2.75) is 19.7 Å². The van der Waals surface area contributed by atoms with Crippen molar-refractivity contribution in [3.63, 3.8) is 0 Å². The van der Waals surface area contributed by atoms with Crippen LogP contribution in [0.4, 0.5) is 0 Å². The predicted molar refractivity (Wildman–Crippen MR) is 70.0 cm³/mol. The first-order valence-electron chi connectivity index (χ1n) is 5.27. The van der Waals surface area contributed by atoms with Gasteiger partial charge in [0.05, 0.1) is 12.8 Å². The molecule has 17 heavy (non-hydrogen) atoms. The molecule has 90 valence electrons. The van der Waals surface area contributed by atoms with Gasteiger partial charge in [-0.25, -0.2) is 4.98 Å². The van der Waals surface area contributed by atoms with E-state index < -0.39 is 0 Å². The summed E-state index contributed by atoms with van der Waals surface area (Å²) in [7, 11) is 0. The standard InChI is InChI=1S/C12H13ClN2OS/c13-11-6-15-12(17-11)7-14-5-9-2-1-3-10(4-9)8-16/h1-4,6,14,16H,5,7-8H2. The average Bonchev–Trinajstić information content (AvgIpc) is 2.75. The lowest BCUT2D eigenvalue weighted by Gasteiger charge is -2.04. The van der Waals surface area contributed by atoms with Crippen LogP contribution < -0.4 is 5.32 Å². The molecule has 0 atom stereocenters. The summed E-state index contributed by atoms with van der Waals surface area (Å²) in [5.74, 6) is 0. The Bertz CT molecular complexity index is 487. The second-order valence-corrected chi connectivity index (χ2v) is 5.39. The third kappa shape index (κ3) is 3.78. The van der Waals surface area contributed by atoms with E-state index in [9.17, 15) is 0 Å². The van der Waals surface area contributed by atoms with E-state index in [2.05, 4.69) is 10.3 Å². The van der Waals surface area contributed by atoms with Gasteiger partial charge in [0.2, 0.25) is 0 Å². The fourth-order valence-electron chi connectivity index (χ4n) is 1.52. The van der Waals surface area contributed by atoms with Crippen molar-refractivity contribution in [1.82, 2.24) is 10.3 Å². The van der Waals surface area contributed by atoms with Crippen LogP contribution in [-0.2, 0) is 19.7 Å². The van der Waals surface area contributed by atoms with Gasteiger partial charge in [-0.1, -0.05) is 35.9 Å². The molecule has 0 bridgehead atoms. The van der Waals surface area contributed by atoms with Crippen LogP contribution in [0.15, 0.2) is 30.5 Å². The van der Waals surface area contributed by atoms with Crippen molar-refractivity contribution >= 4 is 22.9 Å². The van der Waals surface area contributed by atoms with Crippen LogP contribution in [0, 0.1) is 0 Å². The zero-order valence-corrected chi connectivity index (χ0v) is 10.8. The molecule has 0 fully saturated rings. The highest BCUT2D eigenvalue weighted by atomic mass is 35.5. The molecule has 0 aliphatic rings. The van der Waals surface area contributed by atoms with Crippen LogP contribution in [0.1, 0.15) is 16.1 Å². The Kier molecular flexibility index (Phi) is 4.50. The van der Waals surface area contributed by atoms with E-state index in [4.69, 9.17) is 16.7 Å². The molecule has 1 aromatic carbocycles. The lowest BCUT2D eigenvalue weighted by Crippen LogP contribution is -2.12. The summed E-state index contributed by atoms with van der Waals surface area (Å²) >= 11 is 7.28. The molecule has 0 radical (unpaired) electrons. The maximum Gasteiger partial charge on any atom is 0.113 e. The van der Waals surface area contributed by atoms with E-state index in [1.165, 1.54) is 11.3 Å². The van der Waals surface area contributed by atoms with Crippen LogP contribution in [-0.4, -0.2) is 10.1 Å². The molecule has 2 rings (SSSR count). The van der Waals surface area contributed by atoms with Crippen molar-refractivity contribution in [3.8, 4) is 0 Å². The van der Waals surface area contributed by atoms with Gasteiger partial charge in [0, 0.05) is 13.1 Å². The maximum absolute atomic E-state index is 9.02. The van der Waals surface area contributed by atoms with Gasteiger partial charge in [-0.2, -0.15) is 0 Å². The zero-order valence-electron chi connectivity index (χ0n) is 9.19. The highest BCUT2D eigenvalue weighted by Crippen LogP contribution is 2.17. The topological polar surface area (TPSA) is 45.1 Å². The maximum atomic E-state index is 9.02. The normalized spacial score (nSPS) is 10.7. The molecule has 2 aromatic rings. The highest BCUT2D eigenvalue weighted by Gasteiger charge is 2.00. The van der Waals surface area contributed by atoms with E-state index in [0.29, 0.717) is 10.9 Å². The number of aromatic nitrogens is 1. The Labute approximate surface area is 109 Å². The number of thiazole rings is 1. The van der Waals surface area contributed by atoms with Crippen molar-refractivity contribution in [3.05, 3.63) is 50.9 Å². The van der Waals surface area contributed by atoms with Crippen molar-refractivity contribution in [2.75, 3.05) is 0 Å². The van der Waals surface area contributed by atoms with E-state index >= 15 is 0 Å². The molecule has 0 aliphatic heterocycles. The second-order valence-electron chi connectivity index (χ2n) is 3.64. The molecule has 3 nitrogen and oxygen atoms in total. The third-order valence-electron chi connectivity index (χ3n) is 2.30. The number of benzene rings is 1. The number of nitrogens with one attached hydrogen (secondary N) is 1. The minimum Gasteiger partial charge on any atom is -0.392 e. The van der Waals surface area contributed by atoms with Gasteiger partial charge < -0.3 is 10.4 Å². The molecule has 0 saturated heterocycles. The molecular weight excluding hydrogens is 256 g/mol. The van der Waals surface area contributed by atoms with E-state index in [1.54, 1.807) is 6.20 Å². The van der Waals surface area contributed by atoms with Crippen LogP contribution in [0.2, 0.25) is 4.34 Å². The lowest BCUT2D eigenvalue weighted by atomic mass is 10.1. The highest BCUT2D eigenvalue weighted by molar-refractivity contribution is 7.15. The zero-order chi connectivity index (χ0) is 12.1. The second kappa shape index (κ2) is 6.12. The number of rotatable bonds is 5. The number of aliphatic hydroxyl groups is 1. The fraction of sp³-hybridized carbons (Fsp3) is 0.250. The molecular formula is C12H13ClN2OS. The average molecular weight is 269 g/mol. The molecule has 1 aromatic heterocycles. The van der Waals surface area contributed by atoms with Gasteiger partial charge in [-0.3, -0.25) is 0 Å². The van der Waals surface area contributed by atoms with Gasteiger partial charge in [0.15, 0.2) is 0 Å². The lowest BCUT2D eigenvalue weighted by molar-refractivity contribution is 0.281. The SMILES string of the molecule is OCc1cccc(CNCc2ncc(Cl)s2)c1. The van der Waals surface area contributed by atoms with Crippen LogP contribution >= 0.6 is 22.9 Å². The Hall–Kier alpha value is -0.940. The number of hydrogen-bond donors (Lipinski definition) is 2. The first kappa shape index (κ1) is 12.5. The number of nitrogens with zero attached hydrogens (tertiary/aromatic N) is 1. The quantitative estimate of drug-likeness (QED) is 0.876. The minimum absolute atomic E-state index is 0.0793. The van der Waals surface area contributed by atoms with Crippen molar-refractivity contribution < 1.29 is 5.11 Å². The monoisotopic (exact) mass is 268 g/mol. The molecule has 5 heteroatoms. The molecule has 2 N–H and O–H groups in total. The number of aliphatic hydroxyl groups excluding tert-OH is 1. The smallest absolute Gasteiger partial charge is 0.113 e. The van der Waals surface area contributed by atoms with Crippen LogP contribution in [0.5, 0.6) is 0 Å². The molecule has 1 heterocycles. The van der Waals surface area contributed by atoms with E-state index in [0.717, 1.165) is 22.7 Å². The Morgan fingerprint density at radius 3 is 2.82 bits per heavy atom. The van der Waals surface area contributed by atoms with E-state index in [1.807, 2.05) is 24.3 Å². The Morgan fingerprint density at radius 1 is 1.29 bits per heavy atom. The van der Waals surface area contributed by atoms with Gasteiger partial charge in [-0.05, 0) is 11.1 Å². The molecule has 0 unspecified atom stereocenters. The van der Waals surface area contributed by atoms with Crippen LogP contribution in [0.3, 0.4) is 0 Å². The molecule has 0 aliphatic carbocycles. The summed E-state index contributed by atoms with van der Waals surface area (Å²) in [5, 5.41) is 13.3. The molecule has 0 saturated carbocycles. The third-order valence-corrected chi connectivity index (χ3v) is 3.42. The summed E-state index contributed by atoms with van der Waals surface area (Å²) in [6, 6.07) is 7.87. The summed E-state index contributed by atoms with van der Waals surface area (Å²) in [4.78, 5) is 4.16. The summed E-state index contributed by atoms with van der Waals surface area (Å²) in [6.45, 7) is 1.54. The first-order valence-corrected chi connectivity index (χ1v) is 6.47. The van der Waals surface area contributed by atoms with Crippen molar-refractivity contribution in [1.29, 1.82) is 0 Å². The Morgan fingerprint density at radius 2 is 2.12 bits per heavy atom. The van der Waals surface area contributed by atoms with Crippen molar-refractivity contribution in [2.24, 2.45) is 0 Å². The van der Waals surface area contributed by atoms with Gasteiger partial charge in [-0.15, -0.1) is 11.3 Å². The molecule has 0 spiro atoms.